The number of hydrogen-bond donors (Lipinski definition) is 1. The van der Waals surface area contributed by atoms with Crippen molar-refractivity contribution >= 4 is 5.69 Å². The molecule has 1 fully saturated rings. The lowest BCUT2D eigenvalue weighted by Gasteiger charge is -2.30. The Morgan fingerprint density at radius 1 is 1.20 bits per heavy atom. The van der Waals surface area contributed by atoms with Crippen LogP contribution in [0.2, 0.25) is 0 Å². The van der Waals surface area contributed by atoms with Gasteiger partial charge in [0.2, 0.25) is 0 Å². The summed E-state index contributed by atoms with van der Waals surface area (Å²) < 4.78 is 1.97. The Balaban J connectivity index is 1.69. The van der Waals surface area contributed by atoms with Gasteiger partial charge >= 0.3 is 0 Å². The molecule has 0 spiro atoms. The Bertz CT molecular complexity index is 527. The zero-order chi connectivity index (χ0) is 13.8. The number of rotatable bonds is 4. The van der Waals surface area contributed by atoms with Gasteiger partial charge in [-0.25, -0.2) is 0 Å². The number of hydrogen-bond acceptors (Lipinski definition) is 3. The van der Waals surface area contributed by atoms with E-state index >= 15 is 0 Å². The van der Waals surface area contributed by atoms with Crippen LogP contribution in [0.4, 0.5) is 5.69 Å². The second kappa shape index (κ2) is 6.09. The molecule has 1 N–H and O–H groups in total. The van der Waals surface area contributed by atoms with Gasteiger partial charge in [0, 0.05) is 24.1 Å². The van der Waals surface area contributed by atoms with Gasteiger partial charge in [0.15, 0.2) is 0 Å². The van der Waals surface area contributed by atoms with Crippen LogP contribution < -0.4 is 5.32 Å². The van der Waals surface area contributed by atoms with Gasteiger partial charge in [-0.15, -0.1) is 0 Å². The van der Waals surface area contributed by atoms with E-state index in [0.717, 1.165) is 6.54 Å². The molecule has 0 radical (unpaired) electrons. The van der Waals surface area contributed by atoms with Crippen LogP contribution in [-0.2, 0) is 6.54 Å². The molecule has 0 aliphatic carbocycles. The van der Waals surface area contributed by atoms with E-state index in [2.05, 4.69) is 46.6 Å². The molecule has 3 rings (SSSR count). The highest BCUT2D eigenvalue weighted by molar-refractivity contribution is 5.51. The molecule has 2 heterocycles. The van der Waals surface area contributed by atoms with Gasteiger partial charge in [-0.3, -0.25) is 4.68 Å². The SMILES string of the molecule is CN1CCC(Nc2ccccc2Cn2cccn2)CC1. The van der Waals surface area contributed by atoms with E-state index < -0.39 is 0 Å². The van der Waals surface area contributed by atoms with Crippen LogP contribution in [0.1, 0.15) is 18.4 Å². The van der Waals surface area contributed by atoms with Crippen molar-refractivity contribution in [1.29, 1.82) is 0 Å². The molecule has 4 heteroatoms. The number of likely N-dealkylation sites (tertiary alicyclic amines) is 1. The highest BCUT2D eigenvalue weighted by Gasteiger charge is 2.17. The normalized spacial score (nSPS) is 17.2. The third-order valence-corrected chi connectivity index (χ3v) is 3.99. The zero-order valence-electron chi connectivity index (χ0n) is 12.0. The number of anilines is 1. The van der Waals surface area contributed by atoms with E-state index in [9.17, 15) is 0 Å². The van der Waals surface area contributed by atoms with Crippen molar-refractivity contribution in [2.75, 3.05) is 25.5 Å². The summed E-state index contributed by atoms with van der Waals surface area (Å²) in [6, 6.07) is 11.1. The smallest absolute Gasteiger partial charge is 0.0679 e. The molecule has 0 atom stereocenters. The quantitative estimate of drug-likeness (QED) is 0.926. The number of piperidine rings is 1. The molecule has 0 unspecified atom stereocenters. The number of benzene rings is 1. The van der Waals surface area contributed by atoms with E-state index in [1.165, 1.54) is 37.2 Å². The summed E-state index contributed by atoms with van der Waals surface area (Å²) in [7, 11) is 2.20. The summed E-state index contributed by atoms with van der Waals surface area (Å²) >= 11 is 0. The van der Waals surface area contributed by atoms with Crippen molar-refractivity contribution in [3.05, 3.63) is 48.3 Å². The van der Waals surface area contributed by atoms with Gasteiger partial charge in [-0.2, -0.15) is 5.10 Å². The first-order valence-corrected chi connectivity index (χ1v) is 7.32. The molecule has 20 heavy (non-hydrogen) atoms. The van der Waals surface area contributed by atoms with Gasteiger partial charge < -0.3 is 10.2 Å². The minimum absolute atomic E-state index is 0.588. The van der Waals surface area contributed by atoms with Crippen LogP contribution >= 0.6 is 0 Å². The topological polar surface area (TPSA) is 33.1 Å². The fraction of sp³-hybridized carbons (Fsp3) is 0.438. The van der Waals surface area contributed by atoms with E-state index in [1.54, 1.807) is 0 Å². The molecule has 1 aliphatic heterocycles. The Morgan fingerprint density at radius 3 is 2.75 bits per heavy atom. The van der Waals surface area contributed by atoms with Crippen LogP contribution in [0.25, 0.3) is 0 Å². The minimum Gasteiger partial charge on any atom is -0.382 e. The summed E-state index contributed by atoms with van der Waals surface area (Å²) in [4.78, 5) is 2.40. The molecule has 0 bridgehead atoms. The molecule has 1 saturated heterocycles. The number of nitrogens with one attached hydrogen (secondary N) is 1. The van der Waals surface area contributed by atoms with Crippen molar-refractivity contribution < 1.29 is 0 Å². The third-order valence-electron chi connectivity index (χ3n) is 3.99. The molecule has 0 saturated carbocycles. The fourth-order valence-corrected chi connectivity index (χ4v) is 2.74. The lowest BCUT2D eigenvalue weighted by molar-refractivity contribution is 0.264. The van der Waals surface area contributed by atoms with Crippen molar-refractivity contribution in [1.82, 2.24) is 14.7 Å². The second-order valence-electron chi connectivity index (χ2n) is 5.58. The first-order valence-electron chi connectivity index (χ1n) is 7.32. The largest absolute Gasteiger partial charge is 0.382 e. The molecule has 1 aromatic heterocycles. The van der Waals surface area contributed by atoms with Crippen molar-refractivity contribution in [3.63, 3.8) is 0 Å². The van der Waals surface area contributed by atoms with Crippen molar-refractivity contribution in [3.8, 4) is 0 Å². The Labute approximate surface area is 120 Å². The highest BCUT2D eigenvalue weighted by atomic mass is 15.3. The summed E-state index contributed by atoms with van der Waals surface area (Å²) in [5.41, 5.74) is 2.55. The predicted molar refractivity (Wildman–Crippen MR) is 81.9 cm³/mol. The van der Waals surface area contributed by atoms with Crippen LogP contribution in [-0.4, -0.2) is 40.9 Å². The first kappa shape index (κ1) is 13.2. The molecular formula is C16H22N4. The summed E-state index contributed by atoms with van der Waals surface area (Å²) in [6.07, 6.45) is 6.26. The molecule has 2 aromatic rings. The van der Waals surface area contributed by atoms with Gasteiger partial charge in [0.1, 0.15) is 0 Å². The molecular weight excluding hydrogens is 248 g/mol. The van der Waals surface area contributed by atoms with Gasteiger partial charge in [0.25, 0.3) is 0 Å². The molecule has 1 aromatic carbocycles. The van der Waals surface area contributed by atoms with E-state index in [-0.39, 0.29) is 0 Å². The van der Waals surface area contributed by atoms with E-state index in [1.807, 2.05) is 23.1 Å². The van der Waals surface area contributed by atoms with Gasteiger partial charge in [-0.1, -0.05) is 18.2 Å². The van der Waals surface area contributed by atoms with Crippen LogP contribution in [0.3, 0.4) is 0 Å². The van der Waals surface area contributed by atoms with Crippen molar-refractivity contribution in [2.45, 2.75) is 25.4 Å². The lowest BCUT2D eigenvalue weighted by Crippen LogP contribution is -2.36. The maximum Gasteiger partial charge on any atom is 0.0679 e. The van der Waals surface area contributed by atoms with Crippen LogP contribution in [0.5, 0.6) is 0 Å². The minimum atomic E-state index is 0.588. The van der Waals surface area contributed by atoms with Gasteiger partial charge in [-0.05, 0) is 50.7 Å². The van der Waals surface area contributed by atoms with Crippen molar-refractivity contribution in [2.24, 2.45) is 0 Å². The maximum absolute atomic E-state index is 4.29. The molecule has 1 aliphatic rings. The summed E-state index contributed by atoms with van der Waals surface area (Å²) in [5.74, 6) is 0. The average Bonchev–Trinajstić information content (AvgIpc) is 2.96. The zero-order valence-corrected chi connectivity index (χ0v) is 12.0. The fourth-order valence-electron chi connectivity index (χ4n) is 2.74. The van der Waals surface area contributed by atoms with E-state index in [4.69, 9.17) is 0 Å². The Morgan fingerprint density at radius 2 is 2.00 bits per heavy atom. The first-order chi connectivity index (χ1) is 9.81. The number of para-hydroxylation sites is 1. The number of aromatic nitrogens is 2. The van der Waals surface area contributed by atoms with Crippen LogP contribution in [0, 0.1) is 0 Å². The molecule has 0 amide bonds. The predicted octanol–water partition coefficient (Wildman–Crippen LogP) is 2.44. The highest BCUT2D eigenvalue weighted by Crippen LogP contribution is 2.20. The lowest BCUT2D eigenvalue weighted by atomic mass is 10.0. The monoisotopic (exact) mass is 270 g/mol. The van der Waals surface area contributed by atoms with E-state index in [0.29, 0.717) is 6.04 Å². The number of nitrogens with zero attached hydrogens (tertiary/aromatic N) is 3. The second-order valence-corrected chi connectivity index (χ2v) is 5.58. The summed E-state index contributed by atoms with van der Waals surface area (Å²) in [6.45, 7) is 3.18. The van der Waals surface area contributed by atoms with Gasteiger partial charge in [0.05, 0.1) is 6.54 Å². The average molecular weight is 270 g/mol. The molecule has 4 nitrogen and oxygen atoms in total. The third kappa shape index (κ3) is 3.20. The maximum atomic E-state index is 4.29. The Hall–Kier alpha value is -1.81. The van der Waals surface area contributed by atoms with Crippen LogP contribution in [0.15, 0.2) is 42.7 Å². The standard InChI is InChI=1S/C16H22N4/c1-19-11-7-15(8-12-19)18-16-6-3-2-5-14(16)13-20-10-4-9-17-20/h2-6,9-10,15,18H,7-8,11-13H2,1H3. The summed E-state index contributed by atoms with van der Waals surface area (Å²) in [5, 5.41) is 8.01. The molecule has 106 valence electrons. The Kier molecular flexibility index (Phi) is 4.02.